The van der Waals surface area contributed by atoms with Gasteiger partial charge in [-0.15, -0.1) is 11.3 Å². The molecule has 1 heterocycles. The zero-order valence-corrected chi connectivity index (χ0v) is 10.7. The summed E-state index contributed by atoms with van der Waals surface area (Å²) >= 11 is 1.86. The second-order valence-electron chi connectivity index (χ2n) is 4.44. The standard InChI is InChI=1S/C14H21NS/c1-2-5-13(6-3-1)8-10-15-11-9-14-7-4-12-16-14/h4-5,7,12,15H,1-3,6,8-11H2. The van der Waals surface area contributed by atoms with E-state index in [0.29, 0.717) is 0 Å². The van der Waals surface area contributed by atoms with Gasteiger partial charge in [-0.05, 0) is 63.1 Å². The Hall–Kier alpha value is -0.600. The van der Waals surface area contributed by atoms with Crippen LogP contribution in [0.4, 0.5) is 0 Å². The highest BCUT2D eigenvalue weighted by Crippen LogP contribution is 2.19. The Kier molecular flexibility index (Phi) is 5.10. The minimum Gasteiger partial charge on any atom is -0.316 e. The number of thiophene rings is 1. The summed E-state index contributed by atoms with van der Waals surface area (Å²) in [6.45, 7) is 2.27. The van der Waals surface area contributed by atoms with E-state index in [1.54, 1.807) is 5.57 Å². The Morgan fingerprint density at radius 2 is 2.12 bits per heavy atom. The molecule has 1 nitrogen and oxygen atoms in total. The van der Waals surface area contributed by atoms with Gasteiger partial charge in [0.15, 0.2) is 0 Å². The first-order valence-electron chi connectivity index (χ1n) is 6.36. The lowest BCUT2D eigenvalue weighted by Gasteiger charge is -2.12. The summed E-state index contributed by atoms with van der Waals surface area (Å²) in [4.78, 5) is 1.49. The van der Waals surface area contributed by atoms with Crippen LogP contribution in [-0.4, -0.2) is 13.1 Å². The summed E-state index contributed by atoms with van der Waals surface area (Å²) in [5.41, 5.74) is 1.68. The Balaban J connectivity index is 1.53. The number of nitrogens with one attached hydrogen (secondary N) is 1. The molecule has 0 aromatic carbocycles. The monoisotopic (exact) mass is 235 g/mol. The molecular formula is C14H21NS. The van der Waals surface area contributed by atoms with Gasteiger partial charge >= 0.3 is 0 Å². The number of hydrogen-bond acceptors (Lipinski definition) is 2. The maximum atomic E-state index is 3.54. The largest absolute Gasteiger partial charge is 0.316 e. The predicted molar refractivity (Wildman–Crippen MR) is 72.1 cm³/mol. The van der Waals surface area contributed by atoms with Gasteiger partial charge in [0.25, 0.3) is 0 Å². The lowest BCUT2D eigenvalue weighted by atomic mass is 9.97. The minimum atomic E-state index is 1.12. The number of allylic oxidation sites excluding steroid dienone is 1. The lowest BCUT2D eigenvalue weighted by Crippen LogP contribution is -2.18. The van der Waals surface area contributed by atoms with Crippen LogP contribution in [0, 0.1) is 0 Å². The minimum absolute atomic E-state index is 1.12. The van der Waals surface area contributed by atoms with E-state index in [0.717, 1.165) is 13.1 Å². The van der Waals surface area contributed by atoms with Crippen molar-refractivity contribution in [1.29, 1.82) is 0 Å². The first kappa shape index (κ1) is 11.9. The van der Waals surface area contributed by atoms with Crippen molar-refractivity contribution >= 4 is 11.3 Å². The van der Waals surface area contributed by atoms with Gasteiger partial charge in [0.1, 0.15) is 0 Å². The number of hydrogen-bond donors (Lipinski definition) is 1. The molecule has 0 saturated carbocycles. The second-order valence-corrected chi connectivity index (χ2v) is 5.47. The molecule has 2 heteroatoms. The Morgan fingerprint density at radius 1 is 1.19 bits per heavy atom. The van der Waals surface area contributed by atoms with E-state index >= 15 is 0 Å². The molecule has 0 aliphatic heterocycles. The van der Waals surface area contributed by atoms with Crippen molar-refractivity contribution in [2.75, 3.05) is 13.1 Å². The normalized spacial score (nSPS) is 16.1. The molecule has 0 atom stereocenters. The third kappa shape index (κ3) is 4.11. The fraction of sp³-hybridized carbons (Fsp3) is 0.571. The molecule has 2 rings (SSSR count). The molecule has 1 N–H and O–H groups in total. The number of rotatable bonds is 6. The van der Waals surface area contributed by atoms with Crippen LogP contribution in [0.3, 0.4) is 0 Å². The topological polar surface area (TPSA) is 12.0 Å². The zero-order chi connectivity index (χ0) is 11.1. The van der Waals surface area contributed by atoms with Crippen molar-refractivity contribution in [3.8, 4) is 0 Å². The molecule has 1 aliphatic carbocycles. The third-order valence-corrected chi connectivity index (χ3v) is 4.07. The highest BCUT2D eigenvalue weighted by atomic mass is 32.1. The first-order chi connectivity index (χ1) is 7.95. The third-order valence-electron chi connectivity index (χ3n) is 3.14. The average molecular weight is 235 g/mol. The lowest BCUT2D eigenvalue weighted by molar-refractivity contribution is 0.633. The molecule has 0 fully saturated rings. The second kappa shape index (κ2) is 6.87. The van der Waals surface area contributed by atoms with Crippen molar-refractivity contribution in [2.45, 2.75) is 38.5 Å². The van der Waals surface area contributed by atoms with Gasteiger partial charge in [-0.2, -0.15) is 0 Å². The van der Waals surface area contributed by atoms with E-state index < -0.39 is 0 Å². The molecule has 1 aromatic heterocycles. The van der Waals surface area contributed by atoms with Crippen LogP contribution in [0.1, 0.15) is 37.0 Å². The van der Waals surface area contributed by atoms with E-state index in [4.69, 9.17) is 0 Å². The van der Waals surface area contributed by atoms with Gasteiger partial charge in [0.05, 0.1) is 0 Å². The maximum Gasteiger partial charge on any atom is 0.00578 e. The first-order valence-corrected chi connectivity index (χ1v) is 7.24. The molecular weight excluding hydrogens is 214 g/mol. The molecule has 1 aliphatic rings. The van der Waals surface area contributed by atoms with Crippen LogP contribution in [0.25, 0.3) is 0 Å². The maximum absolute atomic E-state index is 3.54. The van der Waals surface area contributed by atoms with Crippen LogP contribution in [0.5, 0.6) is 0 Å². The smallest absolute Gasteiger partial charge is 0.00578 e. The van der Waals surface area contributed by atoms with E-state index in [-0.39, 0.29) is 0 Å². The van der Waals surface area contributed by atoms with E-state index in [1.807, 2.05) is 11.3 Å². The summed E-state index contributed by atoms with van der Waals surface area (Å²) in [7, 11) is 0. The summed E-state index contributed by atoms with van der Waals surface area (Å²) in [5, 5.41) is 5.69. The predicted octanol–water partition coefficient (Wildman–Crippen LogP) is 3.77. The van der Waals surface area contributed by atoms with Gasteiger partial charge in [0.2, 0.25) is 0 Å². The van der Waals surface area contributed by atoms with Crippen molar-refractivity contribution in [3.05, 3.63) is 34.0 Å². The van der Waals surface area contributed by atoms with Gasteiger partial charge in [-0.3, -0.25) is 0 Å². The summed E-state index contributed by atoms with van der Waals surface area (Å²) in [6.07, 6.45) is 10.3. The Bertz CT molecular complexity index is 313. The molecule has 0 radical (unpaired) electrons. The van der Waals surface area contributed by atoms with Crippen LogP contribution >= 0.6 is 11.3 Å². The molecule has 0 amide bonds. The van der Waals surface area contributed by atoms with Gasteiger partial charge in [-0.25, -0.2) is 0 Å². The van der Waals surface area contributed by atoms with E-state index in [2.05, 4.69) is 28.9 Å². The Morgan fingerprint density at radius 3 is 2.88 bits per heavy atom. The summed E-state index contributed by atoms with van der Waals surface area (Å²) in [6, 6.07) is 4.35. The SMILES string of the molecule is C1=C(CCNCCc2cccs2)CCCC1. The van der Waals surface area contributed by atoms with Crippen LogP contribution < -0.4 is 5.32 Å². The summed E-state index contributed by atoms with van der Waals surface area (Å²) in [5.74, 6) is 0. The van der Waals surface area contributed by atoms with Gasteiger partial charge in [-0.1, -0.05) is 17.7 Å². The molecule has 0 unspecified atom stereocenters. The highest BCUT2D eigenvalue weighted by Gasteiger charge is 2.02. The van der Waals surface area contributed by atoms with Crippen molar-refractivity contribution < 1.29 is 0 Å². The molecule has 0 saturated heterocycles. The van der Waals surface area contributed by atoms with Gasteiger partial charge < -0.3 is 5.32 Å². The zero-order valence-electron chi connectivity index (χ0n) is 9.87. The van der Waals surface area contributed by atoms with Crippen molar-refractivity contribution in [1.82, 2.24) is 5.32 Å². The average Bonchev–Trinajstić information content (AvgIpc) is 2.83. The van der Waals surface area contributed by atoms with E-state index in [9.17, 15) is 0 Å². The van der Waals surface area contributed by atoms with Crippen molar-refractivity contribution in [2.24, 2.45) is 0 Å². The van der Waals surface area contributed by atoms with Crippen LogP contribution in [-0.2, 0) is 6.42 Å². The highest BCUT2D eigenvalue weighted by molar-refractivity contribution is 7.09. The molecule has 88 valence electrons. The summed E-state index contributed by atoms with van der Waals surface area (Å²) < 4.78 is 0. The fourth-order valence-corrected chi connectivity index (χ4v) is 2.88. The van der Waals surface area contributed by atoms with Crippen LogP contribution in [0.15, 0.2) is 29.2 Å². The van der Waals surface area contributed by atoms with Crippen molar-refractivity contribution in [3.63, 3.8) is 0 Å². The fourth-order valence-electron chi connectivity index (χ4n) is 2.17. The Labute approximate surface area is 103 Å². The molecule has 0 spiro atoms. The van der Waals surface area contributed by atoms with Crippen LogP contribution in [0.2, 0.25) is 0 Å². The van der Waals surface area contributed by atoms with Gasteiger partial charge in [0, 0.05) is 4.88 Å². The molecule has 1 aromatic rings. The molecule has 0 bridgehead atoms. The molecule has 16 heavy (non-hydrogen) atoms. The quantitative estimate of drug-likeness (QED) is 0.584. The van der Waals surface area contributed by atoms with E-state index in [1.165, 1.54) is 43.4 Å².